The second-order valence-electron chi connectivity index (χ2n) is 4.28. The van der Waals surface area contributed by atoms with Gasteiger partial charge in [0.2, 0.25) is 0 Å². The van der Waals surface area contributed by atoms with E-state index in [1.807, 2.05) is 0 Å². The van der Waals surface area contributed by atoms with Crippen molar-refractivity contribution in [2.75, 3.05) is 11.9 Å². The van der Waals surface area contributed by atoms with Crippen molar-refractivity contribution >= 4 is 17.4 Å². The molecule has 2 unspecified atom stereocenters. The van der Waals surface area contributed by atoms with Crippen LogP contribution in [0.1, 0.15) is 25.7 Å². The van der Waals surface area contributed by atoms with Gasteiger partial charge in [-0.25, -0.2) is 9.37 Å². The number of nitrogens with zero attached hydrogens (tertiary/aromatic N) is 1. The van der Waals surface area contributed by atoms with Gasteiger partial charge >= 0.3 is 0 Å². The quantitative estimate of drug-likeness (QED) is 0.822. The zero-order valence-electron chi connectivity index (χ0n) is 9.13. The van der Waals surface area contributed by atoms with Gasteiger partial charge in [0, 0.05) is 18.1 Å². The molecule has 0 amide bonds. The van der Waals surface area contributed by atoms with Crippen molar-refractivity contribution in [3.05, 3.63) is 24.1 Å². The first kappa shape index (κ1) is 11.6. The molecule has 1 fully saturated rings. The molecule has 2 rings (SSSR count). The number of nitrogens with one attached hydrogen (secondary N) is 1. The van der Waals surface area contributed by atoms with Crippen LogP contribution in [-0.2, 0) is 0 Å². The van der Waals surface area contributed by atoms with Gasteiger partial charge in [0.15, 0.2) is 11.6 Å². The highest BCUT2D eigenvalue weighted by molar-refractivity contribution is 6.20. The highest BCUT2D eigenvalue weighted by Crippen LogP contribution is 2.28. The molecule has 0 radical (unpaired) electrons. The van der Waals surface area contributed by atoms with Crippen LogP contribution in [0.2, 0.25) is 0 Å². The smallest absolute Gasteiger partial charge is 0.165 e. The maximum Gasteiger partial charge on any atom is 0.165 e. The lowest BCUT2D eigenvalue weighted by Gasteiger charge is -2.27. The molecule has 88 valence electrons. The molecule has 0 saturated heterocycles. The number of alkyl halides is 1. The Balaban J connectivity index is 1.89. The van der Waals surface area contributed by atoms with Crippen molar-refractivity contribution < 1.29 is 4.39 Å². The van der Waals surface area contributed by atoms with Crippen molar-refractivity contribution in [1.29, 1.82) is 0 Å². The van der Waals surface area contributed by atoms with Crippen molar-refractivity contribution in [2.24, 2.45) is 5.92 Å². The number of halogens is 2. The highest BCUT2D eigenvalue weighted by atomic mass is 35.5. The van der Waals surface area contributed by atoms with E-state index >= 15 is 0 Å². The molecule has 1 N–H and O–H groups in total. The fourth-order valence-corrected chi connectivity index (χ4v) is 2.51. The van der Waals surface area contributed by atoms with Crippen LogP contribution in [0.5, 0.6) is 0 Å². The van der Waals surface area contributed by atoms with Gasteiger partial charge < -0.3 is 5.32 Å². The third-order valence-corrected chi connectivity index (χ3v) is 3.68. The minimum Gasteiger partial charge on any atom is -0.367 e. The Labute approximate surface area is 100 Å². The fourth-order valence-electron chi connectivity index (χ4n) is 2.14. The molecule has 2 atom stereocenters. The van der Waals surface area contributed by atoms with Gasteiger partial charge in [0.25, 0.3) is 0 Å². The molecule has 0 aromatic carbocycles. The topological polar surface area (TPSA) is 24.9 Å². The summed E-state index contributed by atoms with van der Waals surface area (Å²) in [5.41, 5.74) is 0. The molecule has 0 spiro atoms. The highest BCUT2D eigenvalue weighted by Gasteiger charge is 2.23. The number of anilines is 1. The van der Waals surface area contributed by atoms with Crippen LogP contribution in [0.25, 0.3) is 0 Å². The van der Waals surface area contributed by atoms with Crippen molar-refractivity contribution in [1.82, 2.24) is 4.98 Å². The molecule has 16 heavy (non-hydrogen) atoms. The number of hydrogen-bond acceptors (Lipinski definition) is 2. The van der Waals surface area contributed by atoms with Gasteiger partial charge in [-0.1, -0.05) is 12.8 Å². The molecule has 1 aromatic heterocycles. The lowest BCUT2D eigenvalue weighted by atomic mass is 9.89. The van der Waals surface area contributed by atoms with Gasteiger partial charge in [0.1, 0.15) is 0 Å². The molecule has 2 nitrogen and oxygen atoms in total. The number of rotatable bonds is 3. The number of pyridine rings is 1. The van der Waals surface area contributed by atoms with E-state index in [2.05, 4.69) is 10.3 Å². The first-order valence-corrected chi connectivity index (χ1v) is 6.19. The second-order valence-corrected chi connectivity index (χ2v) is 4.84. The van der Waals surface area contributed by atoms with Crippen LogP contribution in [-0.4, -0.2) is 16.9 Å². The molecular formula is C12H16ClFN2. The summed E-state index contributed by atoms with van der Waals surface area (Å²) in [6.07, 6.45) is 6.21. The van der Waals surface area contributed by atoms with Crippen molar-refractivity contribution in [3.63, 3.8) is 0 Å². The summed E-state index contributed by atoms with van der Waals surface area (Å²) in [5.74, 6) is 0.457. The summed E-state index contributed by atoms with van der Waals surface area (Å²) in [7, 11) is 0. The number of hydrogen-bond donors (Lipinski definition) is 1. The largest absolute Gasteiger partial charge is 0.367 e. The Kier molecular flexibility index (Phi) is 3.99. The van der Waals surface area contributed by atoms with Gasteiger partial charge in [-0.3, -0.25) is 0 Å². The van der Waals surface area contributed by atoms with Crippen LogP contribution >= 0.6 is 11.6 Å². The SMILES string of the molecule is Fc1cccnc1NCC1CCCCC1Cl. The molecule has 1 aromatic rings. The standard InChI is InChI=1S/C12H16ClFN2/c13-10-5-2-1-4-9(10)8-16-12-11(14)6-3-7-15-12/h3,6-7,9-10H,1-2,4-5,8H2,(H,15,16). The van der Waals surface area contributed by atoms with E-state index in [9.17, 15) is 4.39 Å². The van der Waals surface area contributed by atoms with E-state index in [1.165, 1.54) is 18.9 Å². The summed E-state index contributed by atoms with van der Waals surface area (Å²) in [4.78, 5) is 3.96. The van der Waals surface area contributed by atoms with E-state index in [0.29, 0.717) is 18.3 Å². The first-order chi connectivity index (χ1) is 7.77. The van der Waals surface area contributed by atoms with Crippen molar-refractivity contribution in [3.8, 4) is 0 Å². The van der Waals surface area contributed by atoms with Gasteiger partial charge in [-0.05, 0) is 30.9 Å². The molecule has 1 saturated carbocycles. The lowest BCUT2D eigenvalue weighted by Crippen LogP contribution is -2.27. The lowest BCUT2D eigenvalue weighted by molar-refractivity contribution is 0.380. The summed E-state index contributed by atoms with van der Waals surface area (Å²) in [6.45, 7) is 0.710. The van der Waals surface area contributed by atoms with Crippen LogP contribution < -0.4 is 5.32 Å². The van der Waals surface area contributed by atoms with E-state index < -0.39 is 0 Å². The average molecular weight is 243 g/mol. The summed E-state index contributed by atoms with van der Waals surface area (Å²) >= 11 is 6.23. The zero-order chi connectivity index (χ0) is 11.4. The van der Waals surface area contributed by atoms with Crippen LogP contribution in [0, 0.1) is 11.7 Å². The van der Waals surface area contributed by atoms with E-state index in [0.717, 1.165) is 12.8 Å². The monoisotopic (exact) mass is 242 g/mol. The molecule has 1 aliphatic carbocycles. The number of aromatic nitrogens is 1. The Morgan fingerprint density at radius 3 is 3.00 bits per heavy atom. The summed E-state index contributed by atoms with van der Waals surface area (Å²) < 4.78 is 13.3. The average Bonchev–Trinajstić information content (AvgIpc) is 2.30. The van der Waals surface area contributed by atoms with E-state index in [-0.39, 0.29) is 11.2 Å². The molecule has 4 heteroatoms. The minimum absolute atomic E-state index is 0.216. The Morgan fingerprint density at radius 1 is 1.44 bits per heavy atom. The molecule has 1 heterocycles. The maximum absolute atomic E-state index is 13.3. The fraction of sp³-hybridized carbons (Fsp3) is 0.583. The van der Waals surface area contributed by atoms with E-state index in [1.54, 1.807) is 12.3 Å². The van der Waals surface area contributed by atoms with Crippen LogP contribution in [0.3, 0.4) is 0 Å². The summed E-state index contributed by atoms with van der Waals surface area (Å²) in [6, 6.07) is 3.00. The normalized spacial score (nSPS) is 25.4. The van der Waals surface area contributed by atoms with Crippen LogP contribution in [0.15, 0.2) is 18.3 Å². The minimum atomic E-state index is -0.301. The zero-order valence-corrected chi connectivity index (χ0v) is 9.88. The van der Waals surface area contributed by atoms with Crippen molar-refractivity contribution in [2.45, 2.75) is 31.1 Å². The first-order valence-electron chi connectivity index (χ1n) is 5.76. The van der Waals surface area contributed by atoms with Gasteiger partial charge in [-0.15, -0.1) is 11.6 Å². The predicted molar refractivity (Wildman–Crippen MR) is 64.3 cm³/mol. The second kappa shape index (κ2) is 5.48. The predicted octanol–water partition coefficient (Wildman–Crippen LogP) is 3.43. The third-order valence-electron chi connectivity index (χ3n) is 3.11. The van der Waals surface area contributed by atoms with E-state index in [4.69, 9.17) is 11.6 Å². The molecule has 1 aliphatic rings. The summed E-state index contributed by atoms with van der Waals surface area (Å²) in [5, 5.41) is 3.26. The maximum atomic E-state index is 13.3. The third kappa shape index (κ3) is 2.85. The Morgan fingerprint density at radius 2 is 2.25 bits per heavy atom. The van der Waals surface area contributed by atoms with Gasteiger partial charge in [-0.2, -0.15) is 0 Å². The van der Waals surface area contributed by atoms with Gasteiger partial charge in [0.05, 0.1) is 0 Å². The molecule has 0 aliphatic heterocycles. The Bertz CT molecular complexity index is 346. The van der Waals surface area contributed by atoms with Crippen LogP contribution in [0.4, 0.5) is 10.2 Å². The Hall–Kier alpha value is -0.830. The molecular weight excluding hydrogens is 227 g/mol. The molecule has 0 bridgehead atoms.